The van der Waals surface area contributed by atoms with Gasteiger partial charge in [0.15, 0.2) is 0 Å². The highest BCUT2D eigenvalue weighted by Crippen LogP contribution is 2.14. The molecule has 4 heteroatoms. The fourth-order valence-electron chi connectivity index (χ4n) is 1.39. The summed E-state index contributed by atoms with van der Waals surface area (Å²) >= 11 is 4.93. The van der Waals surface area contributed by atoms with Crippen molar-refractivity contribution in [3.63, 3.8) is 0 Å². The lowest BCUT2D eigenvalue weighted by Crippen LogP contribution is -2.13. The second-order valence-electron chi connectivity index (χ2n) is 3.63. The lowest BCUT2D eigenvalue weighted by atomic mass is 10.2. The van der Waals surface area contributed by atoms with Gasteiger partial charge in [0.25, 0.3) is 0 Å². The number of nitrogens with zero attached hydrogens (tertiary/aromatic N) is 1. The topological polar surface area (TPSA) is 48.1 Å². The minimum absolute atomic E-state index is 0.330. The number of thiocarbonyl (C=S) groups is 1. The number of ether oxygens (including phenoxy) is 1. The van der Waals surface area contributed by atoms with Gasteiger partial charge in [-0.3, -0.25) is 0 Å². The third-order valence-electron chi connectivity index (χ3n) is 2.27. The maximum absolute atomic E-state index is 5.58. The minimum atomic E-state index is 0.330. The second kappa shape index (κ2) is 7.17. The Morgan fingerprint density at radius 1 is 1.44 bits per heavy atom. The molecule has 2 N–H and O–H groups in total. The van der Waals surface area contributed by atoms with Crippen molar-refractivity contribution in [2.75, 3.05) is 6.61 Å². The van der Waals surface area contributed by atoms with E-state index >= 15 is 0 Å². The van der Waals surface area contributed by atoms with Gasteiger partial charge in [0, 0.05) is 6.20 Å². The molecule has 0 aliphatic heterocycles. The van der Waals surface area contributed by atoms with E-state index in [4.69, 9.17) is 22.7 Å². The predicted octanol–water partition coefficient (Wildman–Crippen LogP) is 2.67. The van der Waals surface area contributed by atoms with Gasteiger partial charge >= 0.3 is 0 Å². The van der Waals surface area contributed by atoms with Gasteiger partial charge in [-0.05, 0) is 18.6 Å². The molecule has 0 amide bonds. The van der Waals surface area contributed by atoms with Gasteiger partial charge in [-0.1, -0.05) is 38.4 Å². The molecule has 0 bridgehead atoms. The number of rotatable bonds is 7. The van der Waals surface area contributed by atoms with E-state index < -0.39 is 0 Å². The first-order chi connectivity index (χ1) is 7.75. The third-order valence-corrected chi connectivity index (χ3v) is 2.49. The van der Waals surface area contributed by atoms with Crippen LogP contribution in [0.25, 0.3) is 0 Å². The van der Waals surface area contributed by atoms with Crippen molar-refractivity contribution in [3.05, 3.63) is 23.9 Å². The Bertz CT molecular complexity index is 342. The van der Waals surface area contributed by atoms with Crippen LogP contribution in [0.1, 0.15) is 38.2 Å². The van der Waals surface area contributed by atoms with Crippen molar-refractivity contribution in [3.8, 4) is 5.88 Å². The second-order valence-corrected chi connectivity index (χ2v) is 4.07. The van der Waals surface area contributed by atoms with Crippen LogP contribution in [-0.4, -0.2) is 16.6 Å². The summed E-state index contributed by atoms with van der Waals surface area (Å²) in [6.45, 7) is 2.86. The average Bonchev–Trinajstić information content (AvgIpc) is 2.29. The van der Waals surface area contributed by atoms with E-state index in [1.54, 1.807) is 12.3 Å². The molecule has 16 heavy (non-hydrogen) atoms. The summed E-state index contributed by atoms with van der Waals surface area (Å²) in [6.07, 6.45) is 6.38. The number of hydrogen-bond acceptors (Lipinski definition) is 3. The molecular weight excluding hydrogens is 220 g/mol. The fourth-order valence-corrected chi connectivity index (χ4v) is 1.55. The lowest BCUT2D eigenvalue weighted by molar-refractivity contribution is 0.293. The van der Waals surface area contributed by atoms with Gasteiger partial charge in [0.05, 0.1) is 12.2 Å². The first-order valence-electron chi connectivity index (χ1n) is 5.63. The molecule has 0 aromatic carbocycles. The molecule has 0 saturated heterocycles. The van der Waals surface area contributed by atoms with Gasteiger partial charge in [-0.2, -0.15) is 0 Å². The molecule has 0 aliphatic rings. The summed E-state index contributed by atoms with van der Waals surface area (Å²) in [5, 5.41) is 0. The van der Waals surface area contributed by atoms with E-state index in [0.717, 1.165) is 6.42 Å². The van der Waals surface area contributed by atoms with E-state index in [1.807, 2.05) is 6.07 Å². The lowest BCUT2D eigenvalue weighted by Gasteiger charge is -2.08. The van der Waals surface area contributed by atoms with Crippen LogP contribution in [0.4, 0.5) is 0 Å². The zero-order valence-corrected chi connectivity index (χ0v) is 10.4. The molecule has 3 nitrogen and oxygen atoms in total. The normalized spacial score (nSPS) is 10.1. The van der Waals surface area contributed by atoms with E-state index in [9.17, 15) is 0 Å². The quantitative estimate of drug-likeness (QED) is 0.586. The molecule has 1 heterocycles. The predicted molar refractivity (Wildman–Crippen MR) is 69.8 cm³/mol. The Morgan fingerprint density at radius 2 is 2.25 bits per heavy atom. The van der Waals surface area contributed by atoms with E-state index in [1.165, 1.54) is 19.3 Å². The van der Waals surface area contributed by atoms with Gasteiger partial charge in [-0.15, -0.1) is 0 Å². The summed E-state index contributed by atoms with van der Waals surface area (Å²) in [7, 11) is 0. The van der Waals surface area contributed by atoms with Crippen LogP contribution in [0.5, 0.6) is 5.88 Å². The van der Waals surface area contributed by atoms with Crippen LogP contribution >= 0.6 is 12.2 Å². The van der Waals surface area contributed by atoms with Crippen LogP contribution < -0.4 is 10.5 Å². The minimum Gasteiger partial charge on any atom is -0.477 e. The fraction of sp³-hybridized carbons (Fsp3) is 0.500. The first-order valence-corrected chi connectivity index (χ1v) is 6.04. The highest BCUT2D eigenvalue weighted by Gasteiger charge is 2.06. The van der Waals surface area contributed by atoms with Crippen LogP contribution in [0.3, 0.4) is 0 Å². The molecule has 0 aliphatic carbocycles. The van der Waals surface area contributed by atoms with Crippen LogP contribution in [-0.2, 0) is 0 Å². The molecule has 0 saturated carbocycles. The largest absolute Gasteiger partial charge is 0.477 e. The van der Waals surface area contributed by atoms with Crippen LogP contribution in [0.2, 0.25) is 0 Å². The maximum atomic E-state index is 5.58. The van der Waals surface area contributed by atoms with Gasteiger partial charge in [-0.25, -0.2) is 4.98 Å². The standard InChI is InChI=1S/C12H18N2OS/c1-2-3-4-5-9-15-12-10(11(13)16)7-6-8-14-12/h6-8H,2-5,9H2,1H3,(H2,13,16). The summed E-state index contributed by atoms with van der Waals surface area (Å²) in [5.74, 6) is 0.548. The zero-order chi connectivity index (χ0) is 11.8. The molecule has 1 aromatic heterocycles. The molecule has 88 valence electrons. The van der Waals surface area contributed by atoms with E-state index in [0.29, 0.717) is 23.0 Å². The molecule has 0 fully saturated rings. The smallest absolute Gasteiger partial charge is 0.223 e. The van der Waals surface area contributed by atoms with E-state index in [2.05, 4.69) is 11.9 Å². The van der Waals surface area contributed by atoms with Crippen molar-refractivity contribution < 1.29 is 4.74 Å². The molecule has 0 spiro atoms. The first kappa shape index (κ1) is 12.9. The summed E-state index contributed by atoms with van der Waals surface area (Å²) in [5.41, 5.74) is 6.29. The number of nitrogens with two attached hydrogens (primary N) is 1. The third kappa shape index (κ3) is 4.14. The van der Waals surface area contributed by atoms with Crippen molar-refractivity contribution in [1.82, 2.24) is 4.98 Å². The Hall–Kier alpha value is -1.16. The molecule has 0 unspecified atom stereocenters. The number of unbranched alkanes of at least 4 members (excludes halogenated alkanes) is 3. The molecule has 1 aromatic rings. The maximum Gasteiger partial charge on any atom is 0.223 e. The SMILES string of the molecule is CCCCCCOc1ncccc1C(N)=S. The van der Waals surface area contributed by atoms with Crippen molar-refractivity contribution in [1.29, 1.82) is 0 Å². The highest BCUT2D eigenvalue weighted by atomic mass is 32.1. The van der Waals surface area contributed by atoms with Crippen LogP contribution in [0, 0.1) is 0 Å². The average molecular weight is 238 g/mol. The van der Waals surface area contributed by atoms with Crippen molar-refractivity contribution >= 4 is 17.2 Å². The summed E-state index contributed by atoms with van der Waals surface area (Å²) in [4.78, 5) is 4.46. The van der Waals surface area contributed by atoms with Gasteiger partial charge in [0.1, 0.15) is 4.99 Å². The Morgan fingerprint density at radius 3 is 2.94 bits per heavy atom. The zero-order valence-electron chi connectivity index (χ0n) is 9.61. The van der Waals surface area contributed by atoms with Crippen molar-refractivity contribution in [2.24, 2.45) is 5.73 Å². The Labute approximate surface area is 102 Å². The van der Waals surface area contributed by atoms with E-state index in [-0.39, 0.29) is 0 Å². The van der Waals surface area contributed by atoms with Crippen molar-refractivity contribution in [2.45, 2.75) is 32.6 Å². The molecular formula is C12H18N2OS. The number of aromatic nitrogens is 1. The molecule has 0 radical (unpaired) electrons. The van der Waals surface area contributed by atoms with Gasteiger partial charge in [0.2, 0.25) is 5.88 Å². The Kier molecular flexibility index (Phi) is 5.78. The summed E-state index contributed by atoms with van der Waals surface area (Å²) in [6, 6.07) is 3.63. The van der Waals surface area contributed by atoms with Gasteiger partial charge < -0.3 is 10.5 Å². The van der Waals surface area contributed by atoms with Crippen LogP contribution in [0.15, 0.2) is 18.3 Å². The molecule has 1 rings (SSSR count). The highest BCUT2D eigenvalue weighted by molar-refractivity contribution is 7.80. The Balaban J connectivity index is 2.44. The molecule has 0 atom stereocenters. The monoisotopic (exact) mass is 238 g/mol. The number of pyridine rings is 1. The number of hydrogen-bond donors (Lipinski definition) is 1. The summed E-state index contributed by atoms with van der Waals surface area (Å²) < 4.78 is 5.57.